The van der Waals surface area contributed by atoms with Crippen LogP contribution in [-0.2, 0) is 4.79 Å². The highest BCUT2D eigenvalue weighted by Gasteiger charge is 2.47. The van der Waals surface area contributed by atoms with Gasteiger partial charge in [-0.2, -0.15) is 0 Å². The van der Waals surface area contributed by atoms with Gasteiger partial charge in [-0.05, 0) is 25.5 Å². The molecule has 1 saturated heterocycles. The third-order valence-electron chi connectivity index (χ3n) is 3.15. The van der Waals surface area contributed by atoms with Crippen molar-refractivity contribution < 1.29 is 18.8 Å². The molecule has 2 rings (SSSR count). The number of amides is 3. The molecule has 0 bridgehead atoms. The van der Waals surface area contributed by atoms with E-state index in [0.717, 1.165) is 4.90 Å². The maximum absolute atomic E-state index is 12.0. The van der Waals surface area contributed by atoms with E-state index in [1.54, 1.807) is 19.9 Å². The molecule has 0 spiro atoms. The van der Waals surface area contributed by atoms with E-state index in [-0.39, 0.29) is 18.2 Å². The number of ketones is 1. The normalized spacial score (nSPS) is 23.3. The van der Waals surface area contributed by atoms with E-state index < -0.39 is 17.4 Å². The molecule has 0 aliphatic carbocycles. The molecule has 18 heavy (non-hydrogen) atoms. The van der Waals surface area contributed by atoms with Crippen LogP contribution in [0.5, 0.6) is 0 Å². The van der Waals surface area contributed by atoms with E-state index in [1.165, 1.54) is 12.3 Å². The van der Waals surface area contributed by atoms with Crippen molar-refractivity contribution in [3.63, 3.8) is 0 Å². The van der Waals surface area contributed by atoms with Crippen molar-refractivity contribution in [2.24, 2.45) is 0 Å². The minimum Gasteiger partial charge on any atom is -0.461 e. The number of furan rings is 1. The minimum absolute atomic E-state index is 0.140. The summed E-state index contributed by atoms with van der Waals surface area (Å²) in [6, 6.07) is 2.54. The van der Waals surface area contributed by atoms with E-state index in [1.807, 2.05) is 0 Å². The maximum atomic E-state index is 12.0. The summed E-state index contributed by atoms with van der Waals surface area (Å²) in [5.41, 5.74) is -0.916. The van der Waals surface area contributed by atoms with Gasteiger partial charge in [0.05, 0.1) is 12.8 Å². The number of imide groups is 1. The molecule has 1 aromatic rings. The van der Waals surface area contributed by atoms with Gasteiger partial charge in [0.15, 0.2) is 5.76 Å². The minimum atomic E-state index is -0.916. The Balaban J connectivity index is 2.13. The summed E-state index contributed by atoms with van der Waals surface area (Å²) in [6.07, 6.45) is 1.85. The fraction of sp³-hybridized carbons (Fsp3) is 0.417. The molecule has 0 radical (unpaired) electrons. The molecule has 6 nitrogen and oxygen atoms in total. The van der Waals surface area contributed by atoms with Gasteiger partial charge in [0.2, 0.25) is 5.78 Å². The van der Waals surface area contributed by atoms with E-state index in [0.29, 0.717) is 6.42 Å². The van der Waals surface area contributed by atoms with Gasteiger partial charge < -0.3 is 9.73 Å². The number of hydrogen-bond acceptors (Lipinski definition) is 4. The lowest BCUT2D eigenvalue weighted by atomic mass is 9.99. The van der Waals surface area contributed by atoms with Crippen LogP contribution in [0.2, 0.25) is 0 Å². The number of rotatable bonds is 4. The molecule has 1 aliphatic heterocycles. The van der Waals surface area contributed by atoms with Gasteiger partial charge in [-0.1, -0.05) is 6.92 Å². The first-order valence-electron chi connectivity index (χ1n) is 5.69. The van der Waals surface area contributed by atoms with Crippen LogP contribution in [0.1, 0.15) is 30.8 Å². The van der Waals surface area contributed by atoms with Crippen LogP contribution in [0, 0.1) is 0 Å². The number of carbonyl (C=O) groups is 3. The van der Waals surface area contributed by atoms with Crippen LogP contribution in [0.3, 0.4) is 0 Å². The van der Waals surface area contributed by atoms with Crippen molar-refractivity contribution in [3.05, 3.63) is 24.2 Å². The monoisotopic (exact) mass is 250 g/mol. The summed E-state index contributed by atoms with van der Waals surface area (Å²) in [4.78, 5) is 36.4. The molecule has 1 atom stereocenters. The van der Waals surface area contributed by atoms with Gasteiger partial charge in [0.25, 0.3) is 5.91 Å². The number of nitrogens with one attached hydrogen (secondary N) is 1. The van der Waals surface area contributed by atoms with Crippen LogP contribution in [-0.4, -0.2) is 34.7 Å². The van der Waals surface area contributed by atoms with Crippen LogP contribution in [0.25, 0.3) is 0 Å². The number of nitrogens with zero attached hydrogens (tertiary/aromatic N) is 1. The highest BCUT2D eigenvalue weighted by Crippen LogP contribution is 2.21. The molecule has 6 heteroatoms. The molecular weight excluding hydrogens is 236 g/mol. The highest BCUT2D eigenvalue weighted by molar-refractivity contribution is 6.10. The Labute approximate surface area is 104 Å². The lowest BCUT2D eigenvalue weighted by Crippen LogP contribution is -2.43. The highest BCUT2D eigenvalue weighted by atomic mass is 16.3. The predicted molar refractivity (Wildman–Crippen MR) is 62.0 cm³/mol. The van der Waals surface area contributed by atoms with E-state index in [9.17, 15) is 14.4 Å². The first-order valence-corrected chi connectivity index (χ1v) is 5.69. The second kappa shape index (κ2) is 4.29. The zero-order valence-electron chi connectivity index (χ0n) is 10.2. The predicted octanol–water partition coefficient (Wildman–Crippen LogP) is 1.18. The Morgan fingerprint density at radius 3 is 2.72 bits per heavy atom. The largest absolute Gasteiger partial charge is 0.461 e. The van der Waals surface area contributed by atoms with Crippen molar-refractivity contribution in [2.75, 3.05) is 6.54 Å². The molecule has 1 N–H and O–H groups in total. The van der Waals surface area contributed by atoms with Crippen molar-refractivity contribution >= 4 is 17.7 Å². The lowest BCUT2D eigenvalue weighted by Gasteiger charge is -2.18. The van der Waals surface area contributed by atoms with Gasteiger partial charge in [0.1, 0.15) is 5.54 Å². The Hall–Kier alpha value is -2.11. The van der Waals surface area contributed by atoms with Gasteiger partial charge >= 0.3 is 6.03 Å². The maximum Gasteiger partial charge on any atom is 0.325 e. The van der Waals surface area contributed by atoms with Crippen LogP contribution < -0.4 is 5.32 Å². The topological polar surface area (TPSA) is 79.6 Å². The van der Waals surface area contributed by atoms with Crippen LogP contribution in [0.4, 0.5) is 4.79 Å². The fourth-order valence-corrected chi connectivity index (χ4v) is 1.79. The molecule has 96 valence electrons. The molecule has 2 heterocycles. The summed E-state index contributed by atoms with van der Waals surface area (Å²) >= 11 is 0. The average molecular weight is 250 g/mol. The van der Waals surface area contributed by atoms with Crippen LogP contribution in [0.15, 0.2) is 22.8 Å². The second-order valence-corrected chi connectivity index (χ2v) is 4.41. The molecule has 0 unspecified atom stereocenters. The second-order valence-electron chi connectivity index (χ2n) is 4.41. The SMILES string of the molecule is CC[C@@]1(C)NC(=O)N(CC(=O)c2ccco2)C1=O. The summed E-state index contributed by atoms with van der Waals surface area (Å²) in [7, 11) is 0. The number of carbonyl (C=O) groups excluding carboxylic acids is 3. The standard InChI is InChI=1S/C12H14N2O4/c1-3-12(2)10(16)14(11(17)13-12)7-8(15)9-5-4-6-18-9/h4-6H,3,7H2,1-2H3,(H,13,17)/t12-/m1/s1. The molecule has 1 fully saturated rings. The van der Waals surface area contributed by atoms with E-state index in [2.05, 4.69) is 5.32 Å². The number of hydrogen-bond donors (Lipinski definition) is 1. The van der Waals surface area contributed by atoms with Gasteiger partial charge in [-0.3, -0.25) is 14.5 Å². The Morgan fingerprint density at radius 1 is 1.50 bits per heavy atom. The quantitative estimate of drug-likeness (QED) is 0.642. The molecule has 0 aromatic carbocycles. The van der Waals surface area contributed by atoms with Gasteiger partial charge in [-0.15, -0.1) is 0 Å². The first-order chi connectivity index (χ1) is 8.48. The number of Topliss-reactive ketones (excluding diaryl/α,β-unsaturated/α-hetero) is 1. The summed E-state index contributed by atoms with van der Waals surface area (Å²) < 4.78 is 4.94. The lowest BCUT2D eigenvalue weighted by molar-refractivity contribution is -0.130. The first kappa shape index (κ1) is 12.3. The molecule has 3 amide bonds. The summed E-state index contributed by atoms with van der Waals surface area (Å²) in [5, 5.41) is 2.59. The third kappa shape index (κ3) is 1.90. The van der Waals surface area contributed by atoms with Gasteiger partial charge in [-0.25, -0.2) is 4.79 Å². The smallest absolute Gasteiger partial charge is 0.325 e. The van der Waals surface area contributed by atoms with Crippen molar-refractivity contribution in [3.8, 4) is 0 Å². The summed E-state index contributed by atoms with van der Waals surface area (Å²) in [5.74, 6) is -0.639. The zero-order valence-corrected chi connectivity index (χ0v) is 10.2. The van der Waals surface area contributed by atoms with Crippen molar-refractivity contribution in [1.29, 1.82) is 0 Å². The summed E-state index contributed by atoms with van der Waals surface area (Å²) in [6.45, 7) is 3.15. The molecular formula is C12H14N2O4. The Morgan fingerprint density at radius 2 is 2.22 bits per heavy atom. The zero-order chi connectivity index (χ0) is 13.3. The molecule has 1 aromatic heterocycles. The van der Waals surface area contributed by atoms with E-state index in [4.69, 9.17) is 4.42 Å². The van der Waals surface area contributed by atoms with E-state index >= 15 is 0 Å². The number of urea groups is 1. The van der Waals surface area contributed by atoms with Gasteiger partial charge in [0, 0.05) is 0 Å². The Bertz CT molecular complexity index is 494. The average Bonchev–Trinajstić information content (AvgIpc) is 2.93. The molecule has 1 aliphatic rings. The Kier molecular flexibility index (Phi) is 2.94. The van der Waals surface area contributed by atoms with Crippen molar-refractivity contribution in [2.45, 2.75) is 25.8 Å². The third-order valence-corrected chi connectivity index (χ3v) is 3.15. The van der Waals surface area contributed by atoms with Crippen LogP contribution >= 0.6 is 0 Å². The fourth-order valence-electron chi connectivity index (χ4n) is 1.79. The molecule has 0 saturated carbocycles. The van der Waals surface area contributed by atoms with Crippen molar-refractivity contribution in [1.82, 2.24) is 10.2 Å².